The topological polar surface area (TPSA) is 50.8 Å². The minimum atomic E-state index is 0.162. The summed E-state index contributed by atoms with van der Waals surface area (Å²) in [5, 5.41) is 3.23. The monoisotopic (exact) mass is 264 g/mol. The number of carbonyl (C=O) groups is 1. The first-order chi connectivity index (χ1) is 9.29. The quantitative estimate of drug-likeness (QED) is 0.858. The largest absolute Gasteiger partial charge is 0.497 e. The molecule has 0 atom stereocenters. The van der Waals surface area contributed by atoms with Crippen molar-refractivity contribution >= 4 is 5.91 Å². The number of carbonyl (C=O) groups excluding carboxylic acids is 1. The summed E-state index contributed by atoms with van der Waals surface area (Å²) in [7, 11) is 1.63. The number of ether oxygens (including phenoxy) is 2. The fourth-order valence-electron chi connectivity index (χ4n) is 2.00. The SMILES string of the molecule is COc1ccc(OCCC(=O)N2CCNCC2)cc1. The second-order valence-electron chi connectivity index (χ2n) is 4.40. The van der Waals surface area contributed by atoms with Crippen LogP contribution in [0.2, 0.25) is 0 Å². The van der Waals surface area contributed by atoms with Crippen LogP contribution >= 0.6 is 0 Å². The number of nitrogens with zero attached hydrogens (tertiary/aromatic N) is 1. The minimum absolute atomic E-state index is 0.162. The molecule has 0 spiro atoms. The summed E-state index contributed by atoms with van der Waals surface area (Å²) in [5.74, 6) is 1.72. The molecular formula is C14H20N2O3. The number of methoxy groups -OCH3 is 1. The van der Waals surface area contributed by atoms with Crippen molar-refractivity contribution in [2.24, 2.45) is 0 Å². The molecule has 1 saturated heterocycles. The van der Waals surface area contributed by atoms with Gasteiger partial charge in [0, 0.05) is 26.2 Å². The van der Waals surface area contributed by atoms with Crippen LogP contribution in [-0.4, -0.2) is 50.7 Å². The second-order valence-corrected chi connectivity index (χ2v) is 4.40. The van der Waals surface area contributed by atoms with E-state index in [0.29, 0.717) is 13.0 Å². The molecule has 0 aliphatic carbocycles. The molecule has 1 amide bonds. The molecule has 1 N–H and O–H groups in total. The Kier molecular flexibility index (Phi) is 5.03. The molecule has 1 fully saturated rings. The number of piperazine rings is 1. The van der Waals surface area contributed by atoms with Gasteiger partial charge in [-0.3, -0.25) is 4.79 Å². The lowest BCUT2D eigenvalue weighted by atomic mass is 10.3. The lowest BCUT2D eigenvalue weighted by Crippen LogP contribution is -2.46. The van der Waals surface area contributed by atoms with Gasteiger partial charge in [0.1, 0.15) is 11.5 Å². The van der Waals surface area contributed by atoms with E-state index in [-0.39, 0.29) is 5.91 Å². The minimum Gasteiger partial charge on any atom is -0.497 e. The predicted octanol–water partition coefficient (Wildman–Crippen LogP) is 0.896. The zero-order valence-electron chi connectivity index (χ0n) is 11.2. The van der Waals surface area contributed by atoms with E-state index >= 15 is 0 Å². The molecule has 104 valence electrons. The van der Waals surface area contributed by atoms with E-state index in [2.05, 4.69) is 5.32 Å². The Hall–Kier alpha value is -1.75. The van der Waals surface area contributed by atoms with Gasteiger partial charge in [0.05, 0.1) is 20.1 Å². The Morgan fingerprint density at radius 2 is 1.84 bits per heavy atom. The van der Waals surface area contributed by atoms with Gasteiger partial charge in [-0.05, 0) is 24.3 Å². The van der Waals surface area contributed by atoms with Gasteiger partial charge in [0.25, 0.3) is 0 Å². The van der Waals surface area contributed by atoms with Crippen LogP contribution in [0, 0.1) is 0 Å². The Bertz CT molecular complexity index is 400. The lowest BCUT2D eigenvalue weighted by Gasteiger charge is -2.27. The molecule has 0 radical (unpaired) electrons. The maximum atomic E-state index is 11.9. The Morgan fingerprint density at radius 3 is 2.47 bits per heavy atom. The average molecular weight is 264 g/mol. The van der Waals surface area contributed by atoms with Crippen molar-refractivity contribution in [3.63, 3.8) is 0 Å². The second kappa shape index (κ2) is 6.99. The van der Waals surface area contributed by atoms with Crippen LogP contribution in [0.3, 0.4) is 0 Å². The standard InChI is InChI=1S/C14H20N2O3/c1-18-12-2-4-13(5-3-12)19-11-6-14(17)16-9-7-15-8-10-16/h2-5,15H,6-11H2,1H3. The van der Waals surface area contributed by atoms with Crippen molar-refractivity contribution in [2.45, 2.75) is 6.42 Å². The number of hydrogen-bond donors (Lipinski definition) is 1. The van der Waals surface area contributed by atoms with Crippen LogP contribution in [0.4, 0.5) is 0 Å². The number of hydrogen-bond acceptors (Lipinski definition) is 4. The highest BCUT2D eigenvalue weighted by Gasteiger charge is 2.15. The Balaban J connectivity index is 1.71. The van der Waals surface area contributed by atoms with Crippen molar-refractivity contribution in [1.82, 2.24) is 10.2 Å². The molecule has 5 nitrogen and oxygen atoms in total. The molecule has 0 saturated carbocycles. The normalized spacial score (nSPS) is 15.1. The first-order valence-corrected chi connectivity index (χ1v) is 6.55. The highest BCUT2D eigenvalue weighted by atomic mass is 16.5. The molecule has 1 aromatic rings. The van der Waals surface area contributed by atoms with Gasteiger partial charge in [0.2, 0.25) is 5.91 Å². The number of rotatable bonds is 5. The summed E-state index contributed by atoms with van der Waals surface area (Å²) in [6.07, 6.45) is 0.423. The van der Waals surface area contributed by atoms with Crippen LogP contribution in [0.15, 0.2) is 24.3 Å². The van der Waals surface area contributed by atoms with Gasteiger partial charge in [-0.25, -0.2) is 0 Å². The van der Waals surface area contributed by atoms with Gasteiger partial charge in [-0.15, -0.1) is 0 Å². The van der Waals surface area contributed by atoms with Crippen molar-refractivity contribution < 1.29 is 14.3 Å². The van der Waals surface area contributed by atoms with Crippen LogP contribution in [0.1, 0.15) is 6.42 Å². The molecule has 19 heavy (non-hydrogen) atoms. The zero-order valence-corrected chi connectivity index (χ0v) is 11.2. The van der Waals surface area contributed by atoms with Crippen molar-refractivity contribution in [1.29, 1.82) is 0 Å². The van der Waals surface area contributed by atoms with Gasteiger partial charge in [-0.1, -0.05) is 0 Å². The summed E-state index contributed by atoms with van der Waals surface area (Å²) < 4.78 is 10.6. The third kappa shape index (κ3) is 4.13. The predicted molar refractivity (Wildman–Crippen MR) is 72.6 cm³/mol. The molecule has 1 aliphatic rings. The first-order valence-electron chi connectivity index (χ1n) is 6.55. The van der Waals surface area contributed by atoms with Gasteiger partial charge < -0.3 is 19.7 Å². The maximum Gasteiger partial charge on any atom is 0.226 e. The van der Waals surface area contributed by atoms with E-state index in [1.165, 1.54) is 0 Å². The molecular weight excluding hydrogens is 244 g/mol. The van der Waals surface area contributed by atoms with Crippen LogP contribution in [-0.2, 0) is 4.79 Å². The van der Waals surface area contributed by atoms with Gasteiger partial charge in [0.15, 0.2) is 0 Å². The fourth-order valence-corrected chi connectivity index (χ4v) is 2.00. The zero-order chi connectivity index (χ0) is 13.5. The number of nitrogens with one attached hydrogen (secondary N) is 1. The van der Waals surface area contributed by atoms with E-state index in [1.54, 1.807) is 7.11 Å². The molecule has 1 aliphatic heterocycles. The smallest absolute Gasteiger partial charge is 0.226 e. The average Bonchev–Trinajstić information content (AvgIpc) is 2.49. The summed E-state index contributed by atoms with van der Waals surface area (Å²) >= 11 is 0. The van der Waals surface area contributed by atoms with E-state index in [0.717, 1.165) is 37.7 Å². The molecule has 0 aromatic heterocycles. The van der Waals surface area contributed by atoms with Crippen LogP contribution < -0.4 is 14.8 Å². The summed E-state index contributed by atoms with van der Waals surface area (Å²) in [6, 6.07) is 7.36. The van der Waals surface area contributed by atoms with E-state index in [9.17, 15) is 4.79 Å². The van der Waals surface area contributed by atoms with E-state index in [4.69, 9.17) is 9.47 Å². The Morgan fingerprint density at radius 1 is 1.21 bits per heavy atom. The Labute approximate surface area is 113 Å². The fraction of sp³-hybridized carbons (Fsp3) is 0.500. The summed E-state index contributed by atoms with van der Waals surface area (Å²) in [4.78, 5) is 13.8. The van der Waals surface area contributed by atoms with Crippen molar-refractivity contribution in [3.8, 4) is 11.5 Å². The molecule has 0 unspecified atom stereocenters. The van der Waals surface area contributed by atoms with Gasteiger partial charge >= 0.3 is 0 Å². The highest BCUT2D eigenvalue weighted by Crippen LogP contribution is 2.17. The van der Waals surface area contributed by atoms with E-state index in [1.807, 2.05) is 29.2 Å². The first kappa shape index (κ1) is 13.7. The molecule has 0 bridgehead atoms. The molecule has 5 heteroatoms. The lowest BCUT2D eigenvalue weighted by molar-refractivity contribution is -0.132. The van der Waals surface area contributed by atoms with Crippen molar-refractivity contribution in [3.05, 3.63) is 24.3 Å². The van der Waals surface area contributed by atoms with Crippen molar-refractivity contribution in [2.75, 3.05) is 39.9 Å². The molecule has 2 rings (SSSR count). The van der Waals surface area contributed by atoms with Crippen LogP contribution in [0.5, 0.6) is 11.5 Å². The third-order valence-electron chi connectivity index (χ3n) is 3.11. The summed E-state index contributed by atoms with van der Waals surface area (Å²) in [5.41, 5.74) is 0. The van der Waals surface area contributed by atoms with Gasteiger partial charge in [-0.2, -0.15) is 0 Å². The third-order valence-corrected chi connectivity index (χ3v) is 3.11. The number of amides is 1. The van der Waals surface area contributed by atoms with Crippen LogP contribution in [0.25, 0.3) is 0 Å². The summed E-state index contributed by atoms with van der Waals surface area (Å²) in [6.45, 7) is 3.76. The maximum absolute atomic E-state index is 11.9. The number of benzene rings is 1. The molecule has 1 heterocycles. The molecule has 1 aromatic carbocycles. The van der Waals surface area contributed by atoms with E-state index < -0.39 is 0 Å². The highest BCUT2D eigenvalue weighted by molar-refractivity contribution is 5.76.